The van der Waals surface area contributed by atoms with Gasteiger partial charge in [-0.3, -0.25) is 14.4 Å². The second kappa shape index (κ2) is 19.0. The number of methoxy groups -OCH3 is 1. The second-order valence-electron chi connectivity index (χ2n) is 13.8. The van der Waals surface area contributed by atoms with Crippen molar-refractivity contribution in [2.24, 2.45) is 0 Å². The fourth-order valence-electron chi connectivity index (χ4n) is 6.51. The summed E-state index contributed by atoms with van der Waals surface area (Å²) in [6.07, 6.45) is -18.8. The highest BCUT2D eigenvalue weighted by atomic mass is 16.8. The lowest BCUT2D eigenvalue weighted by molar-refractivity contribution is -0.358. The molecule has 4 aromatic rings. The molecule has 0 spiro atoms. The van der Waals surface area contributed by atoms with E-state index >= 15 is 0 Å². The van der Waals surface area contributed by atoms with Gasteiger partial charge in [-0.1, -0.05) is 6.07 Å². The monoisotopic (exact) mass is 872 g/mol. The number of aliphatic hydroxyl groups is 5. The Morgan fingerprint density at radius 3 is 2.15 bits per heavy atom. The maximum absolute atomic E-state index is 14.2. The molecule has 0 aliphatic carbocycles. The van der Waals surface area contributed by atoms with Crippen molar-refractivity contribution in [3.8, 4) is 45.8 Å². The Morgan fingerprint density at radius 2 is 1.47 bits per heavy atom. The summed E-state index contributed by atoms with van der Waals surface area (Å²) >= 11 is 0. The van der Waals surface area contributed by atoms with Crippen LogP contribution in [0.15, 0.2) is 69.9 Å². The van der Waals surface area contributed by atoms with E-state index in [2.05, 4.69) is 0 Å². The lowest BCUT2D eigenvalue weighted by Crippen LogP contribution is -2.65. The maximum Gasteiger partial charge on any atom is 0.331 e. The third-order valence-corrected chi connectivity index (χ3v) is 9.61. The molecule has 0 radical (unpaired) electrons. The first-order chi connectivity index (χ1) is 29.5. The number of rotatable bonds is 14. The Balaban J connectivity index is 1.39. The van der Waals surface area contributed by atoms with Gasteiger partial charge in [-0.15, -0.1) is 0 Å². The molecule has 1 aromatic heterocycles. The molecule has 3 heterocycles. The van der Waals surface area contributed by atoms with E-state index in [1.807, 2.05) is 0 Å². The second-order valence-corrected chi connectivity index (χ2v) is 13.8. The standard InChI is InChI=1S/C40H40O22/c1-55-22-10-16(2-8-20(22)44)3-9-27(48)60-37-33(53)30(50)24(14-41)58-39(37)62-38-34(54)31(51)25(15-56-28(49)13-26(46)47)59-40(38)61-36-32(52)29-21(45)11-19(43)12-23(29)57-35(36)17-4-6-18(42)7-5-17/h2-12,24-25,30-31,33-34,37-45,50-51,53-54H,13-15H2,1H3,(H,46,47)/b9-3+/t24-,25-,30-,31-,33+,34+,37-,38-,39+,40+/m1/s1. The first kappa shape index (κ1) is 45.0. The highest BCUT2D eigenvalue weighted by Crippen LogP contribution is 2.39. The molecule has 6 rings (SSSR count). The molecule has 22 heteroatoms. The topological polar surface area (TPSA) is 348 Å². The van der Waals surface area contributed by atoms with E-state index in [4.69, 9.17) is 42.7 Å². The molecule has 0 amide bonds. The van der Waals surface area contributed by atoms with E-state index in [0.717, 1.165) is 18.2 Å². The number of carbonyl (C=O) groups is 3. The molecule has 62 heavy (non-hydrogen) atoms. The van der Waals surface area contributed by atoms with Gasteiger partial charge in [0.2, 0.25) is 17.5 Å². The zero-order chi connectivity index (χ0) is 45.0. The van der Waals surface area contributed by atoms with Crippen molar-refractivity contribution in [3.63, 3.8) is 0 Å². The number of aromatic hydroxyl groups is 4. The Hall–Kier alpha value is -6.50. The minimum Gasteiger partial charge on any atom is -0.508 e. The number of aliphatic hydroxyl groups excluding tert-OH is 5. The summed E-state index contributed by atoms with van der Waals surface area (Å²) in [6.45, 7) is -1.85. The zero-order valence-electron chi connectivity index (χ0n) is 32.1. The number of ether oxygens (including phenoxy) is 7. The molecule has 0 unspecified atom stereocenters. The Morgan fingerprint density at radius 1 is 0.790 bits per heavy atom. The summed E-state index contributed by atoms with van der Waals surface area (Å²) in [5.41, 5.74) is -1.06. The average molecular weight is 873 g/mol. The van der Waals surface area contributed by atoms with Crippen molar-refractivity contribution in [2.75, 3.05) is 20.3 Å². The maximum atomic E-state index is 14.2. The molecule has 0 bridgehead atoms. The quantitative estimate of drug-likeness (QED) is 0.0437. The number of carboxylic acids is 1. The number of phenolic OH excluding ortho intramolecular Hbond substituents is 4. The van der Waals surface area contributed by atoms with Gasteiger partial charge in [0.15, 0.2) is 35.8 Å². The molecule has 22 nitrogen and oxygen atoms in total. The number of carboxylic acid groups (broad SMARTS) is 1. The third-order valence-electron chi connectivity index (χ3n) is 9.61. The number of phenols is 4. The van der Waals surface area contributed by atoms with Crippen LogP contribution in [0.25, 0.3) is 28.4 Å². The van der Waals surface area contributed by atoms with Crippen molar-refractivity contribution < 1.29 is 103 Å². The lowest BCUT2D eigenvalue weighted by Gasteiger charge is -2.46. The summed E-state index contributed by atoms with van der Waals surface area (Å²) in [5.74, 6) is -6.78. The summed E-state index contributed by atoms with van der Waals surface area (Å²) in [5, 5.41) is 104. The van der Waals surface area contributed by atoms with Gasteiger partial charge in [0.25, 0.3) is 0 Å². The van der Waals surface area contributed by atoms with Crippen LogP contribution in [0.5, 0.6) is 34.5 Å². The first-order valence-electron chi connectivity index (χ1n) is 18.4. The van der Waals surface area contributed by atoms with E-state index in [-0.39, 0.29) is 28.4 Å². The largest absolute Gasteiger partial charge is 0.508 e. The van der Waals surface area contributed by atoms with Gasteiger partial charge in [0, 0.05) is 23.8 Å². The van der Waals surface area contributed by atoms with Gasteiger partial charge in [0.05, 0.1) is 13.7 Å². The third kappa shape index (κ3) is 9.83. The van der Waals surface area contributed by atoms with E-state index < -0.39 is 133 Å². The molecule has 2 saturated heterocycles. The molecule has 0 saturated carbocycles. The molecule has 2 fully saturated rings. The minimum absolute atomic E-state index is 0.0527. The molecule has 10 N–H and O–H groups in total. The van der Waals surface area contributed by atoms with Crippen LogP contribution in [0, 0.1) is 0 Å². The number of fused-ring (bicyclic) bond motifs is 1. The van der Waals surface area contributed by atoms with Gasteiger partial charge in [0.1, 0.15) is 77.9 Å². The highest BCUT2D eigenvalue weighted by Gasteiger charge is 2.53. The van der Waals surface area contributed by atoms with Crippen LogP contribution in [-0.4, -0.2) is 151 Å². The summed E-state index contributed by atoms with van der Waals surface area (Å²) in [6, 6.07) is 10.9. The van der Waals surface area contributed by atoms with Crippen molar-refractivity contribution >= 4 is 35.0 Å². The van der Waals surface area contributed by atoms with Crippen LogP contribution in [-0.2, 0) is 38.1 Å². The summed E-state index contributed by atoms with van der Waals surface area (Å²) < 4.78 is 44.9. The Bertz CT molecular complexity index is 2360. The van der Waals surface area contributed by atoms with E-state index in [9.17, 15) is 65.1 Å². The van der Waals surface area contributed by atoms with Gasteiger partial charge in [-0.2, -0.15) is 0 Å². The SMILES string of the molecule is COc1cc(/C=C/C(=O)O[C@H]2[C@H](O[C@H]3[C@H](Oc4c(-c5ccc(O)cc5)oc5cc(O)cc(O)c5c4=O)O[C@H](COC(=O)CC(=O)O)[C@@H](O)[C@@H]3O)O[C@H](CO)[C@@H](O)[C@@H]2O)ccc1O. The average Bonchev–Trinajstić information content (AvgIpc) is 3.22. The summed E-state index contributed by atoms with van der Waals surface area (Å²) in [7, 11) is 1.30. The van der Waals surface area contributed by atoms with Crippen LogP contribution >= 0.6 is 0 Å². The zero-order valence-corrected chi connectivity index (χ0v) is 32.1. The van der Waals surface area contributed by atoms with E-state index in [1.165, 1.54) is 55.7 Å². The van der Waals surface area contributed by atoms with E-state index in [1.54, 1.807) is 0 Å². The Labute approximate surface area is 348 Å². The number of aliphatic carboxylic acids is 1. The minimum atomic E-state index is -2.20. The van der Waals surface area contributed by atoms with Gasteiger partial charge < -0.3 is 88.6 Å². The fourth-order valence-corrected chi connectivity index (χ4v) is 6.51. The number of hydrogen-bond acceptors (Lipinski definition) is 21. The fraction of sp³-hybridized carbons (Fsp3) is 0.350. The normalized spacial score (nSPS) is 26.2. The number of carbonyl (C=O) groups excluding carboxylic acids is 2. The van der Waals surface area contributed by atoms with Gasteiger partial charge in [-0.05, 0) is 48.0 Å². The lowest BCUT2D eigenvalue weighted by atomic mass is 9.97. The van der Waals surface area contributed by atoms with Crippen molar-refractivity contribution in [2.45, 2.75) is 67.8 Å². The molecular weight excluding hydrogens is 832 g/mol. The molecule has 2 aliphatic heterocycles. The van der Waals surface area contributed by atoms with Crippen molar-refractivity contribution in [1.29, 1.82) is 0 Å². The number of hydrogen-bond donors (Lipinski definition) is 10. The van der Waals surface area contributed by atoms with Crippen molar-refractivity contribution in [1.82, 2.24) is 0 Å². The predicted octanol–water partition coefficient (Wildman–Crippen LogP) is -0.416. The van der Waals surface area contributed by atoms with Crippen LogP contribution in [0.3, 0.4) is 0 Å². The molecule has 10 atom stereocenters. The van der Waals surface area contributed by atoms with E-state index in [0.29, 0.717) is 5.56 Å². The first-order valence-corrected chi connectivity index (χ1v) is 18.4. The molecular formula is C40H40O22. The highest BCUT2D eigenvalue weighted by molar-refractivity contribution is 5.90. The van der Waals surface area contributed by atoms with Crippen LogP contribution in [0.1, 0.15) is 12.0 Å². The van der Waals surface area contributed by atoms with Crippen LogP contribution in [0.4, 0.5) is 0 Å². The smallest absolute Gasteiger partial charge is 0.331 e. The van der Waals surface area contributed by atoms with Gasteiger partial charge in [-0.25, -0.2) is 4.79 Å². The molecule has 2 aliphatic rings. The van der Waals surface area contributed by atoms with Crippen LogP contribution in [0.2, 0.25) is 0 Å². The molecule has 3 aromatic carbocycles. The summed E-state index contributed by atoms with van der Waals surface area (Å²) in [4.78, 5) is 50.5. The number of esters is 2. The van der Waals surface area contributed by atoms with Gasteiger partial charge >= 0.3 is 17.9 Å². The predicted molar refractivity (Wildman–Crippen MR) is 204 cm³/mol. The number of benzene rings is 3. The van der Waals surface area contributed by atoms with Crippen molar-refractivity contribution in [3.05, 3.63) is 76.5 Å². The Kier molecular flexibility index (Phi) is 13.8. The molecule has 332 valence electrons. The van der Waals surface area contributed by atoms with Crippen LogP contribution < -0.4 is 14.9 Å².